The number of pyridine rings is 1. The molecule has 5 heteroatoms. The number of aliphatic hydroxyl groups excluding tert-OH is 1. The van der Waals surface area contributed by atoms with Crippen LogP contribution in [0.4, 0.5) is 0 Å². The van der Waals surface area contributed by atoms with Crippen LogP contribution in [0.1, 0.15) is 18.6 Å². The molecule has 0 saturated heterocycles. The van der Waals surface area contributed by atoms with Gasteiger partial charge in [0.05, 0.1) is 6.10 Å². The van der Waals surface area contributed by atoms with Crippen molar-refractivity contribution in [3.05, 3.63) is 42.4 Å². The molecule has 0 aromatic carbocycles. The van der Waals surface area contributed by atoms with Gasteiger partial charge in [-0.25, -0.2) is 15.0 Å². The van der Waals surface area contributed by atoms with Gasteiger partial charge < -0.3 is 5.11 Å². The zero-order valence-electron chi connectivity index (χ0n) is 8.74. The predicted molar refractivity (Wildman–Crippen MR) is 61.0 cm³/mol. The standard InChI is InChI=1S/C11H11N3OS/c1-8(15)9-3-6-12-10(7-9)16-11-13-4-2-5-14-11/h2-8,15H,1H3/t8-/m0/s1. The Kier molecular flexibility index (Phi) is 3.48. The molecular weight excluding hydrogens is 222 g/mol. The molecule has 16 heavy (non-hydrogen) atoms. The molecule has 1 N–H and O–H groups in total. The Morgan fingerprint density at radius 1 is 1.19 bits per heavy atom. The van der Waals surface area contributed by atoms with Gasteiger partial charge in [-0.15, -0.1) is 0 Å². The summed E-state index contributed by atoms with van der Waals surface area (Å²) in [6, 6.07) is 5.40. The first-order valence-electron chi connectivity index (χ1n) is 4.84. The molecule has 2 aromatic rings. The Morgan fingerprint density at radius 3 is 2.62 bits per heavy atom. The summed E-state index contributed by atoms with van der Waals surface area (Å²) in [4.78, 5) is 12.4. The monoisotopic (exact) mass is 233 g/mol. The van der Waals surface area contributed by atoms with Crippen molar-refractivity contribution in [1.29, 1.82) is 0 Å². The van der Waals surface area contributed by atoms with E-state index in [1.807, 2.05) is 6.07 Å². The number of aromatic nitrogens is 3. The Balaban J connectivity index is 2.19. The average Bonchev–Trinajstić information content (AvgIpc) is 2.30. The van der Waals surface area contributed by atoms with Crippen LogP contribution in [-0.2, 0) is 0 Å². The fourth-order valence-corrected chi connectivity index (χ4v) is 1.89. The first kappa shape index (κ1) is 11.0. The van der Waals surface area contributed by atoms with Crippen LogP contribution in [0, 0.1) is 0 Å². The number of hydrogen-bond acceptors (Lipinski definition) is 5. The third kappa shape index (κ3) is 2.77. The van der Waals surface area contributed by atoms with Crippen molar-refractivity contribution in [1.82, 2.24) is 15.0 Å². The van der Waals surface area contributed by atoms with Crippen molar-refractivity contribution >= 4 is 11.8 Å². The summed E-state index contributed by atoms with van der Waals surface area (Å²) in [6.07, 6.45) is 4.56. The first-order valence-corrected chi connectivity index (χ1v) is 5.66. The molecule has 1 atom stereocenters. The van der Waals surface area contributed by atoms with Gasteiger partial charge >= 0.3 is 0 Å². The molecule has 0 fully saturated rings. The second-order valence-corrected chi connectivity index (χ2v) is 4.22. The molecule has 4 nitrogen and oxygen atoms in total. The number of rotatable bonds is 3. The summed E-state index contributed by atoms with van der Waals surface area (Å²) in [5, 5.41) is 10.9. The van der Waals surface area contributed by atoms with Crippen molar-refractivity contribution in [2.24, 2.45) is 0 Å². The second kappa shape index (κ2) is 5.05. The highest BCUT2D eigenvalue weighted by Crippen LogP contribution is 2.24. The molecule has 0 aliphatic heterocycles. The number of hydrogen-bond donors (Lipinski definition) is 1. The number of nitrogens with zero attached hydrogens (tertiary/aromatic N) is 3. The fraction of sp³-hybridized carbons (Fsp3) is 0.182. The Bertz CT molecular complexity index is 462. The zero-order chi connectivity index (χ0) is 11.4. The van der Waals surface area contributed by atoms with E-state index >= 15 is 0 Å². The lowest BCUT2D eigenvalue weighted by Crippen LogP contribution is -1.92. The SMILES string of the molecule is C[C@H](O)c1ccnc(Sc2ncccn2)c1. The van der Waals surface area contributed by atoms with Crippen LogP contribution >= 0.6 is 11.8 Å². The number of aliphatic hydroxyl groups is 1. The molecular formula is C11H11N3OS. The highest BCUT2D eigenvalue weighted by atomic mass is 32.2. The largest absolute Gasteiger partial charge is 0.389 e. The maximum absolute atomic E-state index is 9.45. The molecule has 0 radical (unpaired) electrons. The summed E-state index contributed by atoms with van der Waals surface area (Å²) < 4.78 is 0. The van der Waals surface area contributed by atoms with Crippen molar-refractivity contribution in [2.75, 3.05) is 0 Å². The van der Waals surface area contributed by atoms with Gasteiger partial charge in [0.15, 0.2) is 5.16 Å². The van der Waals surface area contributed by atoms with Gasteiger partial charge in [0.2, 0.25) is 0 Å². The van der Waals surface area contributed by atoms with E-state index in [2.05, 4.69) is 15.0 Å². The van der Waals surface area contributed by atoms with Gasteiger partial charge in [-0.1, -0.05) is 0 Å². The van der Waals surface area contributed by atoms with E-state index in [4.69, 9.17) is 0 Å². The molecule has 0 aliphatic rings. The Labute approximate surface area is 97.8 Å². The minimum Gasteiger partial charge on any atom is -0.389 e. The van der Waals surface area contributed by atoms with Crippen LogP contribution in [0.3, 0.4) is 0 Å². The van der Waals surface area contributed by atoms with Crippen LogP contribution in [0.15, 0.2) is 47.0 Å². The minimum absolute atomic E-state index is 0.487. The Morgan fingerprint density at radius 2 is 1.94 bits per heavy atom. The molecule has 2 aromatic heterocycles. The van der Waals surface area contributed by atoms with Crippen molar-refractivity contribution in [3.63, 3.8) is 0 Å². The molecule has 2 heterocycles. The van der Waals surface area contributed by atoms with E-state index < -0.39 is 6.10 Å². The molecule has 0 bridgehead atoms. The maximum Gasteiger partial charge on any atom is 0.193 e. The van der Waals surface area contributed by atoms with Gasteiger partial charge in [0, 0.05) is 18.6 Å². The third-order valence-electron chi connectivity index (χ3n) is 1.98. The van der Waals surface area contributed by atoms with E-state index in [9.17, 15) is 5.11 Å². The van der Waals surface area contributed by atoms with Gasteiger partial charge in [0.1, 0.15) is 5.03 Å². The lowest BCUT2D eigenvalue weighted by Gasteiger charge is -2.05. The fourth-order valence-electron chi connectivity index (χ4n) is 1.17. The lowest BCUT2D eigenvalue weighted by molar-refractivity contribution is 0.199. The maximum atomic E-state index is 9.45. The van der Waals surface area contributed by atoms with Crippen LogP contribution in [-0.4, -0.2) is 20.1 Å². The molecule has 0 saturated carbocycles. The minimum atomic E-state index is -0.487. The van der Waals surface area contributed by atoms with E-state index in [1.54, 1.807) is 37.6 Å². The van der Waals surface area contributed by atoms with Crippen LogP contribution in [0.5, 0.6) is 0 Å². The quantitative estimate of drug-likeness (QED) is 0.822. The topological polar surface area (TPSA) is 58.9 Å². The summed E-state index contributed by atoms with van der Waals surface area (Å²) >= 11 is 1.37. The molecule has 0 amide bonds. The van der Waals surface area contributed by atoms with Gasteiger partial charge in [-0.05, 0) is 42.4 Å². The second-order valence-electron chi connectivity index (χ2n) is 3.24. The average molecular weight is 233 g/mol. The van der Waals surface area contributed by atoms with Crippen molar-refractivity contribution in [2.45, 2.75) is 23.2 Å². The highest BCUT2D eigenvalue weighted by molar-refractivity contribution is 7.99. The van der Waals surface area contributed by atoms with Crippen LogP contribution in [0.2, 0.25) is 0 Å². The van der Waals surface area contributed by atoms with Crippen LogP contribution in [0.25, 0.3) is 0 Å². The molecule has 2 rings (SSSR count). The van der Waals surface area contributed by atoms with E-state index in [0.29, 0.717) is 5.16 Å². The predicted octanol–water partition coefficient (Wildman–Crippen LogP) is 2.08. The van der Waals surface area contributed by atoms with E-state index in [-0.39, 0.29) is 0 Å². The summed E-state index contributed by atoms with van der Waals surface area (Å²) in [6.45, 7) is 1.72. The molecule has 0 spiro atoms. The molecule has 0 aliphatic carbocycles. The van der Waals surface area contributed by atoms with Crippen LogP contribution < -0.4 is 0 Å². The third-order valence-corrected chi connectivity index (χ3v) is 2.81. The van der Waals surface area contributed by atoms with Gasteiger partial charge in [-0.2, -0.15) is 0 Å². The van der Waals surface area contributed by atoms with Crippen molar-refractivity contribution in [3.8, 4) is 0 Å². The smallest absolute Gasteiger partial charge is 0.193 e. The summed E-state index contributed by atoms with van der Waals surface area (Å²) in [5.74, 6) is 0. The van der Waals surface area contributed by atoms with Gasteiger partial charge in [-0.3, -0.25) is 0 Å². The van der Waals surface area contributed by atoms with Crippen molar-refractivity contribution < 1.29 is 5.11 Å². The summed E-state index contributed by atoms with van der Waals surface area (Å²) in [5.41, 5.74) is 0.841. The Hall–Kier alpha value is -1.46. The zero-order valence-corrected chi connectivity index (χ0v) is 9.56. The van der Waals surface area contributed by atoms with Gasteiger partial charge in [0.25, 0.3) is 0 Å². The molecule has 82 valence electrons. The molecule has 0 unspecified atom stereocenters. The first-order chi connectivity index (χ1) is 7.75. The lowest BCUT2D eigenvalue weighted by atomic mass is 10.2. The normalized spacial score (nSPS) is 12.4. The van der Waals surface area contributed by atoms with E-state index in [1.165, 1.54) is 11.8 Å². The highest BCUT2D eigenvalue weighted by Gasteiger charge is 2.05. The summed E-state index contributed by atoms with van der Waals surface area (Å²) in [7, 11) is 0. The van der Waals surface area contributed by atoms with E-state index in [0.717, 1.165) is 10.6 Å².